The number of hydrogen-bond acceptors (Lipinski definition) is 4. The maximum Gasteiger partial charge on any atom is 0.251 e. The summed E-state index contributed by atoms with van der Waals surface area (Å²) in [5, 5.41) is 3.73. The molecule has 5 aromatic rings. The fraction of sp³-hybridized carbons (Fsp3) is 0.176. The number of nitrogens with zero attached hydrogens (tertiary/aromatic N) is 2. The highest BCUT2D eigenvalue weighted by molar-refractivity contribution is 6.07. The lowest BCUT2D eigenvalue weighted by atomic mass is 9.94. The van der Waals surface area contributed by atoms with Gasteiger partial charge in [-0.2, -0.15) is 0 Å². The minimum atomic E-state index is -0.954. The zero-order valence-corrected chi connectivity index (χ0v) is 24.0. The summed E-state index contributed by atoms with van der Waals surface area (Å²) in [5.41, 5.74) is 7.68. The lowest BCUT2D eigenvalue weighted by Gasteiger charge is -2.25. The molecular weight excluding hydrogens is 569 g/mol. The first kappa shape index (κ1) is 30.2. The molecule has 0 aliphatic rings. The summed E-state index contributed by atoms with van der Waals surface area (Å²) in [5.74, 6) is -3.87. The molecule has 3 aromatic carbocycles. The molecule has 0 bridgehead atoms. The van der Waals surface area contributed by atoms with Crippen LogP contribution in [0.3, 0.4) is 0 Å². The standard InChI is InChI=1S/C34H29F3N4O3/c1-3-30(41-18-27(19(2)42)25-7-4-5-9-31(25)41)34(44)40-29(15-20-13-22(35)17-23(36)14-20)32-24(8-6-12-39-32)21-10-11-28(37)26(16-21)33(38)43/h4-14,16-18,29-30H,3,15H2,1-2H3,(H2,38,43)(H,40,44)/t29-,30+/m0/s1. The Bertz CT molecular complexity index is 1880. The number of amides is 2. The number of carbonyl (C=O) groups is 3. The minimum absolute atomic E-state index is 0.0458. The van der Waals surface area contributed by atoms with Gasteiger partial charge in [0.25, 0.3) is 5.91 Å². The van der Waals surface area contributed by atoms with E-state index in [-0.39, 0.29) is 23.3 Å². The van der Waals surface area contributed by atoms with Crippen LogP contribution in [-0.2, 0) is 11.2 Å². The van der Waals surface area contributed by atoms with E-state index in [0.717, 1.165) is 12.1 Å². The van der Waals surface area contributed by atoms with Gasteiger partial charge in [0.05, 0.1) is 17.3 Å². The number of aromatic nitrogens is 2. The maximum atomic E-state index is 14.3. The van der Waals surface area contributed by atoms with Gasteiger partial charge in [-0.05, 0) is 67.3 Å². The highest BCUT2D eigenvalue weighted by Crippen LogP contribution is 2.32. The number of Topliss-reactive ketones (excluding diaryl/α,β-unsaturated/α-hetero) is 1. The molecule has 0 radical (unpaired) electrons. The number of para-hydroxylation sites is 1. The molecule has 0 aliphatic heterocycles. The number of carbonyl (C=O) groups excluding carboxylic acids is 3. The lowest BCUT2D eigenvalue weighted by molar-refractivity contribution is -0.125. The number of ketones is 1. The van der Waals surface area contributed by atoms with Crippen LogP contribution < -0.4 is 11.1 Å². The topological polar surface area (TPSA) is 107 Å². The van der Waals surface area contributed by atoms with Gasteiger partial charge in [0, 0.05) is 40.5 Å². The van der Waals surface area contributed by atoms with E-state index in [9.17, 15) is 27.6 Å². The van der Waals surface area contributed by atoms with Crippen LogP contribution in [0.5, 0.6) is 0 Å². The van der Waals surface area contributed by atoms with Crippen LogP contribution in [0.15, 0.2) is 85.2 Å². The van der Waals surface area contributed by atoms with Gasteiger partial charge in [0.1, 0.15) is 23.5 Å². The molecule has 2 heterocycles. The summed E-state index contributed by atoms with van der Waals surface area (Å²) < 4.78 is 44.5. The second kappa shape index (κ2) is 12.5. The molecule has 7 nitrogen and oxygen atoms in total. The fourth-order valence-corrected chi connectivity index (χ4v) is 5.52. The van der Waals surface area contributed by atoms with E-state index in [0.29, 0.717) is 39.7 Å². The number of pyridine rings is 1. The summed E-state index contributed by atoms with van der Waals surface area (Å²) in [7, 11) is 0. The average Bonchev–Trinajstić information content (AvgIpc) is 3.37. The van der Waals surface area contributed by atoms with Crippen molar-refractivity contribution in [3.63, 3.8) is 0 Å². The lowest BCUT2D eigenvalue weighted by Crippen LogP contribution is -2.36. The molecule has 0 fully saturated rings. The molecule has 44 heavy (non-hydrogen) atoms. The summed E-state index contributed by atoms with van der Waals surface area (Å²) in [6.45, 7) is 3.29. The molecule has 2 aromatic heterocycles. The van der Waals surface area contributed by atoms with Crippen LogP contribution in [-0.4, -0.2) is 27.1 Å². The number of primary amides is 1. The first-order valence-electron chi connectivity index (χ1n) is 14.0. The third-order valence-electron chi connectivity index (χ3n) is 7.54. The van der Waals surface area contributed by atoms with Gasteiger partial charge >= 0.3 is 0 Å². The Morgan fingerprint density at radius 1 is 0.932 bits per heavy atom. The van der Waals surface area contributed by atoms with Crippen LogP contribution in [0, 0.1) is 17.5 Å². The fourth-order valence-electron chi connectivity index (χ4n) is 5.52. The van der Waals surface area contributed by atoms with Gasteiger partial charge in [-0.15, -0.1) is 0 Å². The monoisotopic (exact) mass is 598 g/mol. The zero-order valence-electron chi connectivity index (χ0n) is 24.0. The van der Waals surface area contributed by atoms with Gasteiger partial charge in [-0.3, -0.25) is 19.4 Å². The van der Waals surface area contributed by atoms with E-state index < -0.39 is 41.3 Å². The van der Waals surface area contributed by atoms with E-state index in [4.69, 9.17) is 5.73 Å². The normalized spacial score (nSPS) is 12.6. The minimum Gasteiger partial charge on any atom is -0.366 e. The molecule has 0 unspecified atom stereocenters. The number of rotatable bonds is 10. The van der Waals surface area contributed by atoms with Gasteiger partial charge in [-0.25, -0.2) is 13.2 Å². The van der Waals surface area contributed by atoms with Crippen molar-refractivity contribution >= 4 is 28.5 Å². The number of hydrogen-bond donors (Lipinski definition) is 2. The molecule has 0 saturated carbocycles. The van der Waals surface area contributed by atoms with Crippen molar-refractivity contribution < 1.29 is 27.6 Å². The number of benzene rings is 3. The molecule has 0 saturated heterocycles. The van der Waals surface area contributed by atoms with E-state index >= 15 is 0 Å². The SMILES string of the molecule is CC[C@H](C(=O)N[C@@H](Cc1cc(F)cc(F)c1)c1ncccc1-c1ccc(F)c(C(N)=O)c1)n1cc(C(C)=O)c2ccccc21. The second-order valence-corrected chi connectivity index (χ2v) is 10.5. The van der Waals surface area contributed by atoms with Crippen LogP contribution in [0.2, 0.25) is 0 Å². The van der Waals surface area contributed by atoms with Gasteiger partial charge in [-0.1, -0.05) is 37.3 Å². The summed E-state index contributed by atoms with van der Waals surface area (Å²) in [6.07, 6.45) is 3.47. The predicted octanol–water partition coefficient (Wildman–Crippen LogP) is 6.47. The Morgan fingerprint density at radius 2 is 1.66 bits per heavy atom. The first-order chi connectivity index (χ1) is 21.1. The molecule has 2 atom stereocenters. The van der Waals surface area contributed by atoms with Gasteiger partial charge in [0.15, 0.2) is 5.78 Å². The van der Waals surface area contributed by atoms with Gasteiger partial charge in [0.2, 0.25) is 5.91 Å². The van der Waals surface area contributed by atoms with Crippen molar-refractivity contribution in [3.8, 4) is 11.1 Å². The van der Waals surface area contributed by atoms with Crippen molar-refractivity contribution in [3.05, 3.63) is 125 Å². The Morgan fingerprint density at radius 3 is 2.34 bits per heavy atom. The highest BCUT2D eigenvalue weighted by atomic mass is 19.1. The van der Waals surface area contributed by atoms with Crippen molar-refractivity contribution in [2.75, 3.05) is 0 Å². The largest absolute Gasteiger partial charge is 0.366 e. The van der Waals surface area contributed by atoms with E-state index in [2.05, 4.69) is 10.3 Å². The third-order valence-corrected chi connectivity index (χ3v) is 7.54. The van der Waals surface area contributed by atoms with E-state index in [1.54, 1.807) is 22.9 Å². The Kier molecular flexibility index (Phi) is 8.61. The Labute approximate surface area is 251 Å². The molecule has 5 rings (SSSR count). The molecular formula is C34H29F3N4O3. The average molecular weight is 599 g/mol. The highest BCUT2D eigenvalue weighted by Gasteiger charge is 2.28. The summed E-state index contributed by atoms with van der Waals surface area (Å²) >= 11 is 0. The van der Waals surface area contributed by atoms with Crippen molar-refractivity contribution in [2.24, 2.45) is 5.73 Å². The molecule has 3 N–H and O–H groups in total. The van der Waals surface area contributed by atoms with Crippen molar-refractivity contribution in [2.45, 2.75) is 38.8 Å². The van der Waals surface area contributed by atoms with Crippen LogP contribution in [0.4, 0.5) is 13.2 Å². The summed E-state index contributed by atoms with van der Waals surface area (Å²) in [4.78, 5) is 42.8. The van der Waals surface area contributed by atoms with E-state index in [1.165, 1.54) is 37.4 Å². The number of nitrogens with two attached hydrogens (primary N) is 1. The molecule has 0 spiro atoms. The first-order valence-corrected chi connectivity index (χ1v) is 14.0. The maximum absolute atomic E-state index is 14.3. The predicted molar refractivity (Wildman–Crippen MR) is 160 cm³/mol. The second-order valence-electron chi connectivity index (χ2n) is 10.5. The zero-order chi connectivity index (χ0) is 31.5. The smallest absolute Gasteiger partial charge is 0.251 e. The molecule has 0 aliphatic carbocycles. The van der Waals surface area contributed by atoms with Crippen molar-refractivity contribution in [1.82, 2.24) is 14.9 Å². The van der Waals surface area contributed by atoms with E-state index in [1.807, 2.05) is 31.2 Å². The van der Waals surface area contributed by atoms with Crippen LogP contribution in [0.1, 0.15) is 64.3 Å². The van der Waals surface area contributed by atoms with Crippen LogP contribution in [0.25, 0.3) is 22.0 Å². The summed E-state index contributed by atoms with van der Waals surface area (Å²) in [6, 6.07) is 15.9. The van der Waals surface area contributed by atoms with Gasteiger partial charge < -0.3 is 15.6 Å². The number of fused-ring (bicyclic) bond motifs is 1. The Balaban J connectivity index is 1.60. The number of halogens is 3. The van der Waals surface area contributed by atoms with Crippen molar-refractivity contribution in [1.29, 1.82) is 0 Å². The number of nitrogens with one attached hydrogen (secondary N) is 1. The Hall–Kier alpha value is -5.25. The molecule has 2 amide bonds. The molecule has 10 heteroatoms. The van der Waals surface area contributed by atoms with Crippen LogP contribution >= 0.6 is 0 Å². The molecule has 224 valence electrons. The third kappa shape index (κ3) is 6.10. The quantitative estimate of drug-likeness (QED) is 0.180.